The lowest BCUT2D eigenvalue weighted by Crippen LogP contribution is -2.78. The van der Waals surface area contributed by atoms with Crippen molar-refractivity contribution in [2.75, 3.05) is 0 Å². The smallest absolute Gasteiger partial charge is 0.359 e. The Morgan fingerprint density at radius 1 is 0.810 bits per heavy atom. The van der Waals surface area contributed by atoms with Crippen molar-refractivity contribution in [1.29, 1.82) is 0 Å². The Hall–Kier alpha value is -0.290. The molecular formula is C2H9N5O10S4. The SMILES string of the molecule is O=C(O)C(NS(=O)O)(NS(=O)O)N(NS(=O)O)NS(=O)O. The molecule has 0 aliphatic heterocycles. The van der Waals surface area contributed by atoms with Crippen LogP contribution in [0.3, 0.4) is 0 Å². The predicted octanol–water partition coefficient (Wildman–Crippen LogP) is -4.24. The third-order valence-electron chi connectivity index (χ3n) is 1.45. The van der Waals surface area contributed by atoms with Crippen molar-refractivity contribution < 1.29 is 44.9 Å². The summed E-state index contributed by atoms with van der Waals surface area (Å²) in [6.07, 6.45) is 0. The Morgan fingerprint density at radius 2 is 1.14 bits per heavy atom. The van der Waals surface area contributed by atoms with Crippen molar-refractivity contribution in [2.24, 2.45) is 0 Å². The molecule has 0 saturated heterocycles. The molecule has 19 heteroatoms. The number of rotatable bonds is 10. The quantitative estimate of drug-likeness (QED) is 0.0981. The van der Waals surface area contributed by atoms with Gasteiger partial charge >= 0.3 is 5.97 Å². The van der Waals surface area contributed by atoms with E-state index in [-0.39, 0.29) is 5.12 Å². The molecule has 0 aliphatic carbocycles. The fourth-order valence-electron chi connectivity index (χ4n) is 0.860. The maximum atomic E-state index is 11.2. The zero-order chi connectivity index (χ0) is 16.8. The first-order valence-corrected chi connectivity index (χ1v) is 8.49. The first-order valence-electron chi connectivity index (χ1n) is 4.06. The van der Waals surface area contributed by atoms with Crippen LogP contribution in [-0.2, 0) is 49.9 Å². The average molecular weight is 391 g/mol. The van der Waals surface area contributed by atoms with Crippen LogP contribution in [0.2, 0.25) is 0 Å². The highest BCUT2D eigenvalue weighted by atomic mass is 32.2. The highest BCUT2D eigenvalue weighted by Crippen LogP contribution is 2.07. The summed E-state index contributed by atoms with van der Waals surface area (Å²) in [5.41, 5.74) is 0. The summed E-state index contributed by atoms with van der Waals surface area (Å²) in [6.45, 7) is 0. The molecule has 4 atom stereocenters. The van der Waals surface area contributed by atoms with Gasteiger partial charge in [0, 0.05) is 0 Å². The van der Waals surface area contributed by atoms with Crippen LogP contribution in [0.5, 0.6) is 0 Å². The van der Waals surface area contributed by atoms with Crippen LogP contribution in [0.25, 0.3) is 0 Å². The van der Waals surface area contributed by atoms with Gasteiger partial charge in [0.25, 0.3) is 5.79 Å². The number of hydrogen-bond acceptors (Lipinski definition) is 6. The van der Waals surface area contributed by atoms with Crippen molar-refractivity contribution in [3.8, 4) is 0 Å². The number of nitrogens with zero attached hydrogens (tertiary/aromatic N) is 1. The molecule has 0 aromatic carbocycles. The van der Waals surface area contributed by atoms with Crippen molar-refractivity contribution in [3.05, 3.63) is 0 Å². The average Bonchev–Trinajstić information content (AvgIpc) is 2.23. The van der Waals surface area contributed by atoms with Crippen molar-refractivity contribution in [1.82, 2.24) is 24.2 Å². The lowest BCUT2D eigenvalue weighted by atomic mass is 10.4. The third kappa shape index (κ3) is 7.00. The number of carboxylic acid groups (broad SMARTS) is 1. The molecular weight excluding hydrogens is 382 g/mol. The van der Waals surface area contributed by atoms with E-state index in [0.717, 1.165) is 0 Å². The van der Waals surface area contributed by atoms with E-state index in [0.29, 0.717) is 0 Å². The predicted molar refractivity (Wildman–Crippen MR) is 67.8 cm³/mol. The Labute approximate surface area is 126 Å². The Bertz CT molecular complexity index is 450. The normalized spacial score (nSPS) is 20.4. The zero-order valence-electron chi connectivity index (χ0n) is 9.36. The second kappa shape index (κ2) is 8.99. The maximum Gasteiger partial charge on any atom is 0.359 e. The number of nitrogens with one attached hydrogen (secondary N) is 4. The van der Waals surface area contributed by atoms with Crippen LogP contribution in [0, 0.1) is 0 Å². The molecule has 15 nitrogen and oxygen atoms in total. The molecule has 0 radical (unpaired) electrons. The molecule has 0 amide bonds. The van der Waals surface area contributed by atoms with Crippen molar-refractivity contribution in [2.45, 2.75) is 5.79 Å². The topological polar surface area (TPSA) is 238 Å². The third-order valence-corrected chi connectivity index (χ3v) is 3.07. The van der Waals surface area contributed by atoms with Gasteiger partial charge in [-0.15, -0.1) is 14.8 Å². The number of carboxylic acids is 1. The van der Waals surface area contributed by atoms with Gasteiger partial charge in [0.1, 0.15) is 0 Å². The monoisotopic (exact) mass is 391 g/mol. The Morgan fingerprint density at radius 3 is 1.33 bits per heavy atom. The number of hydrogen-bond donors (Lipinski definition) is 9. The molecule has 0 bridgehead atoms. The van der Waals surface area contributed by atoms with Gasteiger partial charge in [0.2, 0.25) is 45.1 Å². The molecule has 0 aromatic rings. The molecule has 9 N–H and O–H groups in total. The highest BCUT2D eigenvalue weighted by Gasteiger charge is 2.50. The van der Waals surface area contributed by atoms with Crippen molar-refractivity contribution in [3.63, 3.8) is 0 Å². The molecule has 126 valence electrons. The first-order chi connectivity index (χ1) is 9.51. The lowest BCUT2D eigenvalue weighted by Gasteiger charge is -2.36. The molecule has 0 heterocycles. The standard InChI is InChI=1S/C2H9N5O10S4/c8-1(9)2(3-18(10)11,4-19(12)13)7(5-20(14)15)6-21(16)17/h3-6H,(H,8,9)(H,10,11)(H,12,13)(H,14,15)(H,16,17). The summed E-state index contributed by atoms with van der Waals surface area (Å²) in [7, 11) is 0. The first kappa shape index (κ1) is 20.7. The summed E-state index contributed by atoms with van der Waals surface area (Å²) in [4.78, 5) is 13.9. The minimum Gasteiger partial charge on any atom is -0.478 e. The number of aliphatic carboxylic acids is 1. The molecule has 4 unspecified atom stereocenters. The molecule has 0 fully saturated rings. The second-order valence-corrected chi connectivity index (χ2v) is 5.50. The minimum atomic E-state index is -3.25. The largest absolute Gasteiger partial charge is 0.478 e. The van der Waals surface area contributed by atoms with Crippen LogP contribution in [-0.4, -0.2) is 57.0 Å². The highest BCUT2D eigenvalue weighted by molar-refractivity contribution is 7.78. The van der Waals surface area contributed by atoms with Crippen LogP contribution in [0.1, 0.15) is 0 Å². The van der Waals surface area contributed by atoms with Crippen LogP contribution >= 0.6 is 0 Å². The molecule has 0 aromatic heterocycles. The van der Waals surface area contributed by atoms with E-state index in [1.165, 1.54) is 19.1 Å². The fraction of sp³-hybridized carbons (Fsp3) is 0.500. The van der Waals surface area contributed by atoms with Gasteiger partial charge in [-0.1, -0.05) is 0 Å². The molecule has 0 rings (SSSR count). The van der Waals surface area contributed by atoms with E-state index in [1.54, 1.807) is 0 Å². The number of carbonyl (C=O) groups is 1. The van der Waals surface area contributed by atoms with Crippen molar-refractivity contribution >= 4 is 51.0 Å². The van der Waals surface area contributed by atoms with Crippen LogP contribution in [0.4, 0.5) is 0 Å². The van der Waals surface area contributed by atoms with E-state index < -0.39 is 56.8 Å². The molecule has 21 heavy (non-hydrogen) atoms. The van der Waals surface area contributed by atoms with Gasteiger partial charge < -0.3 is 5.11 Å². The molecule has 0 saturated carbocycles. The summed E-state index contributed by atoms with van der Waals surface area (Å²) < 4.78 is 80.0. The van der Waals surface area contributed by atoms with Gasteiger partial charge in [-0.3, -0.25) is 18.2 Å². The summed E-state index contributed by atoms with van der Waals surface area (Å²) in [5.74, 6) is -5.45. The maximum absolute atomic E-state index is 11.2. The van der Waals surface area contributed by atoms with Crippen LogP contribution in [0.15, 0.2) is 0 Å². The van der Waals surface area contributed by atoms with Gasteiger partial charge in [-0.2, -0.15) is 9.44 Å². The Balaban J connectivity index is 5.88. The van der Waals surface area contributed by atoms with E-state index in [4.69, 9.17) is 23.3 Å². The van der Waals surface area contributed by atoms with Gasteiger partial charge in [-0.25, -0.2) is 21.6 Å². The zero-order valence-corrected chi connectivity index (χ0v) is 12.6. The van der Waals surface area contributed by atoms with Crippen LogP contribution < -0.4 is 19.1 Å². The number of hydrazine groups is 2. The minimum absolute atomic E-state index is 0.274. The van der Waals surface area contributed by atoms with E-state index in [1.807, 2.05) is 0 Å². The summed E-state index contributed by atoms with van der Waals surface area (Å²) in [6, 6.07) is 0. The summed E-state index contributed by atoms with van der Waals surface area (Å²) in [5, 5.41) is 8.74. The molecule has 0 spiro atoms. The van der Waals surface area contributed by atoms with E-state index in [9.17, 15) is 21.6 Å². The lowest BCUT2D eigenvalue weighted by molar-refractivity contribution is -0.157. The molecule has 0 aliphatic rings. The van der Waals surface area contributed by atoms with E-state index >= 15 is 0 Å². The van der Waals surface area contributed by atoms with Gasteiger partial charge in [-0.05, 0) is 0 Å². The van der Waals surface area contributed by atoms with Gasteiger partial charge in [0.05, 0.1) is 0 Å². The summed E-state index contributed by atoms with van der Waals surface area (Å²) >= 11 is -12.4. The van der Waals surface area contributed by atoms with Gasteiger partial charge in [0.15, 0.2) is 0 Å². The second-order valence-electron chi connectivity index (χ2n) is 2.73. The fourth-order valence-corrected chi connectivity index (χ4v) is 2.62. The Kier molecular flexibility index (Phi) is 8.86. The van der Waals surface area contributed by atoms with E-state index in [2.05, 4.69) is 0 Å².